The lowest BCUT2D eigenvalue weighted by molar-refractivity contribution is -0.117. The molecule has 0 aromatic heterocycles. The number of amides is 1. The second kappa shape index (κ2) is 5.31. The normalized spacial score (nSPS) is 13.1. The molecule has 1 amide bonds. The summed E-state index contributed by atoms with van der Waals surface area (Å²) in [4.78, 5) is 13.5. The van der Waals surface area contributed by atoms with Gasteiger partial charge in [-0.3, -0.25) is 4.79 Å². The summed E-state index contributed by atoms with van der Waals surface area (Å²) in [7, 11) is -3.36. The molecular weight excluding hydrogens is 238 g/mol. The van der Waals surface area contributed by atoms with Crippen molar-refractivity contribution < 1.29 is 13.2 Å². The van der Waals surface area contributed by atoms with Gasteiger partial charge in [0.25, 0.3) is 0 Å². The molecule has 0 aliphatic heterocycles. The molecule has 0 bridgehead atoms. The van der Waals surface area contributed by atoms with Crippen LogP contribution in [0.3, 0.4) is 0 Å². The molecule has 0 saturated carbocycles. The van der Waals surface area contributed by atoms with Crippen molar-refractivity contribution in [3.63, 3.8) is 0 Å². The minimum absolute atomic E-state index is 0.388. The standard InChI is InChI=1S/C12H17NO3S/c1-4-13(11-8-6-5-7-9-11)12(14)10(2)17(3,15)16/h5-10H,4H2,1-3H3/t10-/m1/s1. The van der Waals surface area contributed by atoms with Gasteiger partial charge in [-0.05, 0) is 26.0 Å². The van der Waals surface area contributed by atoms with E-state index in [2.05, 4.69) is 0 Å². The molecule has 17 heavy (non-hydrogen) atoms. The molecule has 0 aliphatic rings. The van der Waals surface area contributed by atoms with Crippen LogP contribution in [0.5, 0.6) is 0 Å². The number of rotatable bonds is 4. The molecule has 4 nitrogen and oxygen atoms in total. The molecule has 0 heterocycles. The molecule has 1 aromatic carbocycles. The zero-order chi connectivity index (χ0) is 13.1. The van der Waals surface area contributed by atoms with Gasteiger partial charge in [0.1, 0.15) is 5.25 Å². The Bertz CT molecular complexity index is 482. The third kappa shape index (κ3) is 3.30. The highest BCUT2D eigenvalue weighted by Crippen LogP contribution is 2.16. The van der Waals surface area contributed by atoms with E-state index in [1.165, 1.54) is 11.8 Å². The van der Waals surface area contributed by atoms with Gasteiger partial charge in [-0.25, -0.2) is 8.42 Å². The molecule has 1 aromatic rings. The average Bonchev–Trinajstić information content (AvgIpc) is 2.29. The minimum atomic E-state index is -3.36. The lowest BCUT2D eigenvalue weighted by Gasteiger charge is -2.23. The Labute approximate surface area is 102 Å². The number of sulfone groups is 1. The summed E-state index contributed by atoms with van der Waals surface area (Å²) in [6.07, 6.45) is 1.08. The van der Waals surface area contributed by atoms with Gasteiger partial charge < -0.3 is 4.90 Å². The van der Waals surface area contributed by atoms with E-state index in [-0.39, 0.29) is 5.91 Å². The SMILES string of the molecule is CCN(C(=O)[C@@H](C)S(C)(=O)=O)c1ccccc1. The lowest BCUT2D eigenvalue weighted by Crippen LogP contribution is -2.41. The highest BCUT2D eigenvalue weighted by molar-refractivity contribution is 7.92. The quantitative estimate of drug-likeness (QED) is 0.818. The molecule has 0 saturated heterocycles. The Kier molecular flexibility index (Phi) is 4.28. The van der Waals surface area contributed by atoms with Gasteiger partial charge in [-0.1, -0.05) is 18.2 Å². The zero-order valence-electron chi connectivity index (χ0n) is 10.3. The van der Waals surface area contributed by atoms with E-state index in [9.17, 15) is 13.2 Å². The molecule has 0 fully saturated rings. The van der Waals surface area contributed by atoms with Crippen LogP contribution < -0.4 is 4.90 Å². The predicted molar refractivity (Wildman–Crippen MR) is 68.8 cm³/mol. The van der Waals surface area contributed by atoms with Crippen LogP contribution in [-0.4, -0.2) is 32.4 Å². The molecule has 94 valence electrons. The number of benzene rings is 1. The largest absolute Gasteiger partial charge is 0.312 e. The van der Waals surface area contributed by atoms with Crippen molar-refractivity contribution in [1.82, 2.24) is 0 Å². The van der Waals surface area contributed by atoms with Crippen molar-refractivity contribution in [3.05, 3.63) is 30.3 Å². The smallest absolute Gasteiger partial charge is 0.245 e. The van der Waals surface area contributed by atoms with E-state index in [1.807, 2.05) is 25.1 Å². The van der Waals surface area contributed by atoms with Crippen LogP contribution in [-0.2, 0) is 14.6 Å². The van der Waals surface area contributed by atoms with Crippen LogP contribution in [0.1, 0.15) is 13.8 Å². The predicted octanol–water partition coefficient (Wildman–Crippen LogP) is 1.47. The van der Waals surface area contributed by atoms with Crippen molar-refractivity contribution in [3.8, 4) is 0 Å². The van der Waals surface area contributed by atoms with Gasteiger partial charge in [0.2, 0.25) is 5.91 Å². The maximum atomic E-state index is 12.1. The van der Waals surface area contributed by atoms with Crippen LogP contribution in [0, 0.1) is 0 Å². The highest BCUT2D eigenvalue weighted by atomic mass is 32.2. The van der Waals surface area contributed by atoms with Crippen molar-refractivity contribution in [2.24, 2.45) is 0 Å². The van der Waals surface area contributed by atoms with Crippen LogP contribution in [0.15, 0.2) is 30.3 Å². The van der Waals surface area contributed by atoms with E-state index in [0.29, 0.717) is 6.54 Å². The molecule has 0 unspecified atom stereocenters. The summed E-state index contributed by atoms with van der Waals surface area (Å²) in [6.45, 7) is 3.69. The van der Waals surface area contributed by atoms with Gasteiger partial charge in [0, 0.05) is 18.5 Å². The van der Waals surface area contributed by atoms with Crippen LogP contribution >= 0.6 is 0 Å². The van der Waals surface area contributed by atoms with Gasteiger partial charge in [0.15, 0.2) is 9.84 Å². The van der Waals surface area contributed by atoms with E-state index < -0.39 is 15.1 Å². The van der Waals surface area contributed by atoms with Crippen molar-refractivity contribution in [1.29, 1.82) is 0 Å². The minimum Gasteiger partial charge on any atom is -0.312 e. The number of nitrogens with zero attached hydrogens (tertiary/aromatic N) is 1. The summed E-state index contributed by atoms with van der Waals surface area (Å²) >= 11 is 0. The first kappa shape index (κ1) is 13.7. The van der Waals surface area contributed by atoms with Crippen molar-refractivity contribution >= 4 is 21.4 Å². The second-order valence-corrected chi connectivity index (χ2v) is 6.26. The monoisotopic (exact) mass is 255 g/mol. The van der Waals surface area contributed by atoms with Gasteiger partial charge in [-0.2, -0.15) is 0 Å². The van der Waals surface area contributed by atoms with Crippen molar-refractivity contribution in [2.45, 2.75) is 19.1 Å². The molecule has 0 spiro atoms. The number of hydrogen-bond acceptors (Lipinski definition) is 3. The fourth-order valence-corrected chi connectivity index (χ4v) is 1.97. The maximum Gasteiger partial charge on any atom is 0.245 e. The fraction of sp³-hybridized carbons (Fsp3) is 0.417. The lowest BCUT2D eigenvalue weighted by atomic mass is 10.2. The van der Waals surface area contributed by atoms with Crippen LogP contribution in [0.25, 0.3) is 0 Å². The number of hydrogen-bond donors (Lipinski definition) is 0. The molecule has 5 heteroatoms. The molecule has 1 rings (SSSR count). The summed E-state index contributed by atoms with van der Waals surface area (Å²) in [5, 5.41) is -1.01. The van der Waals surface area contributed by atoms with Crippen LogP contribution in [0.2, 0.25) is 0 Å². The van der Waals surface area contributed by atoms with Gasteiger partial charge in [-0.15, -0.1) is 0 Å². The van der Waals surface area contributed by atoms with E-state index in [4.69, 9.17) is 0 Å². The third-order valence-corrected chi connectivity index (χ3v) is 4.13. The Morgan fingerprint density at radius 1 is 1.29 bits per heavy atom. The summed E-state index contributed by atoms with van der Waals surface area (Å²) in [5.74, 6) is -0.388. The Morgan fingerprint density at radius 3 is 2.24 bits per heavy atom. The van der Waals surface area contributed by atoms with Crippen LogP contribution in [0.4, 0.5) is 5.69 Å². The topological polar surface area (TPSA) is 54.5 Å². The third-order valence-electron chi connectivity index (χ3n) is 2.64. The number of para-hydroxylation sites is 1. The Hall–Kier alpha value is -1.36. The van der Waals surface area contributed by atoms with E-state index >= 15 is 0 Å². The summed E-state index contributed by atoms with van der Waals surface area (Å²) in [6, 6.07) is 9.06. The Balaban J connectivity index is 3.01. The van der Waals surface area contributed by atoms with Gasteiger partial charge in [0.05, 0.1) is 0 Å². The van der Waals surface area contributed by atoms with E-state index in [1.54, 1.807) is 12.1 Å². The van der Waals surface area contributed by atoms with E-state index in [0.717, 1.165) is 11.9 Å². The first-order valence-corrected chi connectivity index (χ1v) is 7.38. The Morgan fingerprint density at radius 2 is 1.82 bits per heavy atom. The number of carbonyl (C=O) groups is 1. The molecule has 1 atom stereocenters. The fourth-order valence-electron chi connectivity index (χ4n) is 1.48. The number of anilines is 1. The first-order valence-electron chi connectivity index (χ1n) is 5.43. The van der Waals surface area contributed by atoms with Gasteiger partial charge >= 0.3 is 0 Å². The molecule has 0 aliphatic carbocycles. The molecule has 0 radical (unpaired) electrons. The average molecular weight is 255 g/mol. The highest BCUT2D eigenvalue weighted by Gasteiger charge is 2.28. The summed E-state index contributed by atoms with van der Waals surface area (Å²) in [5.41, 5.74) is 0.718. The maximum absolute atomic E-state index is 12.1. The number of carbonyl (C=O) groups excluding carboxylic acids is 1. The molecule has 0 N–H and O–H groups in total. The summed E-state index contributed by atoms with van der Waals surface area (Å²) < 4.78 is 22.8. The first-order chi connectivity index (χ1) is 7.88. The second-order valence-electron chi connectivity index (χ2n) is 3.89. The molecular formula is C12H17NO3S. The van der Waals surface area contributed by atoms with Crippen molar-refractivity contribution in [2.75, 3.05) is 17.7 Å². The zero-order valence-corrected chi connectivity index (χ0v) is 11.1.